The van der Waals surface area contributed by atoms with Gasteiger partial charge in [0.25, 0.3) is 0 Å². The van der Waals surface area contributed by atoms with Gasteiger partial charge in [0.2, 0.25) is 0 Å². The van der Waals surface area contributed by atoms with E-state index in [9.17, 15) is 4.39 Å². The first-order valence-corrected chi connectivity index (χ1v) is 3.32. The van der Waals surface area contributed by atoms with Crippen molar-refractivity contribution in [3.8, 4) is 0 Å². The molecule has 3 heteroatoms. The highest BCUT2D eigenvalue weighted by Gasteiger charge is 2.19. The number of nitrogens with one attached hydrogen (secondary N) is 1. The van der Waals surface area contributed by atoms with E-state index in [1.54, 1.807) is 4.90 Å². The zero-order chi connectivity index (χ0) is 6.69. The fraction of sp³-hybridized carbons (Fsp3) is 1.00. The third kappa shape index (κ3) is 1.63. The molecular weight excluding hydrogens is 119 g/mol. The van der Waals surface area contributed by atoms with E-state index in [-0.39, 0.29) is 6.80 Å². The molecule has 1 heterocycles. The Morgan fingerprint density at radius 3 is 2.89 bits per heavy atom. The standard InChI is InChI=1S/C6H13FN2/c1-8-6-2-3-9(4-6)5-7/h6,8H,2-5H2,1H3. The lowest BCUT2D eigenvalue weighted by molar-refractivity contribution is 0.221. The Morgan fingerprint density at radius 1 is 1.78 bits per heavy atom. The van der Waals surface area contributed by atoms with Crippen molar-refractivity contribution in [2.45, 2.75) is 12.5 Å². The Labute approximate surface area is 55.0 Å². The maximum atomic E-state index is 11.9. The van der Waals surface area contributed by atoms with Crippen molar-refractivity contribution in [3.05, 3.63) is 0 Å². The molecule has 0 aromatic rings. The number of alkyl halides is 1. The monoisotopic (exact) mass is 132 g/mol. The van der Waals surface area contributed by atoms with E-state index in [1.165, 1.54) is 0 Å². The second-order valence-corrected chi connectivity index (χ2v) is 2.47. The summed E-state index contributed by atoms with van der Waals surface area (Å²) in [5, 5.41) is 3.12. The highest BCUT2D eigenvalue weighted by atomic mass is 19.1. The Hall–Kier alpha value is -0.150. The van der Waals surface area contributed by atoms with E-state index >= 15 is 0 Å². The Morgan fingerprint density at radius 2 is 2.56 bits per heavy atom. The number of rotatable bonds is 2. The lowest BCUT2D eigenvalue weighted by Gasteiger charge is -2.09. The molecule has 54 valence electrons. The summed E-state index contributed by atoms with van der Waals surface area (Å²) in [4.78, 5) is 1.81. The maximum absolute atomic E-state index is 11.9. The van der Waals surface area contributed by atoms with E-state index in [0.29, 0.717) is 6.04 Å². The number of hydrogen-bond donors (Lipinski definition) is 1. The van der Waals surface area contributed by atoms with Gasteiger partial charge >= 0.3 is 0 Å². The van der Waals surface area contributed by atoms with Crippen LogP contribution in [0.1, 0.15) is 6.42 Å². The molecule has 1 aliphatic rings. The van der Waals surface area contributed by atoms with Crippen molar-refractivity contribution in [3.63, 3.8) is 0 Å². The van der Waals surface area contributed by atoms with Crippen molar-refractivity contribution >= 4 is 0 Å². The number of likely N-dealkylation sites (tertiary alicyclic amines) is 1. The lowest BCUT2D eigenvalue weighted by atomic mass is 10.3. The number of halogens is 1. The number of nitrogens with zero attached hydrogens (tertiary/aromatic N) is 1. The molecule has 0 aromatic carbocycles. The van der Waals surface area contributed by atoms with Crippen LogP contribution in [0.3, 0.4) is 0 Å². The zero-order valence-electron chi connectivity index (χ0n) is 5.73. The predicted molar refractivity (Wildman–Crippen MR) is 35.0 cm³/mol. The normalized spacial score (nSPS) is 29.3. The van der Waals surface area contributed by atoms with Crippen LogP contribution in [0.4, 0.5) is 4.39 Å². The first-order chi connectivity index (χ1) is 4.36. The zero-order valence-corrected chi connectivity index (χ0v) is 5.73. The van der Waals surface area contributed by atoms with Crippen LogP contribution in [0.2, 0.25) is 0 Å². The average molecular weight is 132 g/mol. The van der Waals surface area contributed by atoms with Gasteiger partial charge in [0.1, 0.15) is 6.80 Å². The molecule has 2 nitrogen and oxygen atoms in total. The summed E-state index contributed by atoms with van der Waals surface area (Å²) in [6.45, 7) is 1.48. The molecule has 0 aliphatic carbocycles. The van der Waals surface area contributed by atoms with Gasteiger partial charge < -0.3 is 5.32 Å². The summed E-state index contributed by atoms with van der Waals surface area (Å²) in [6.07, 6.45) is 1.08. The molecule has 0 spiro atoms. The number of likely N-dealkylation sites (N-methyl/N-ethyl adjacent to an activating group) is 1. The summed E-state index contributed by atoms with van der Waals surface area (Å²) >= 11 is 0. The second-order valence-electron chi connectivity index (χ2n) is 2.47. The van der Waals surface area contributed by atoms with Gasteiger partial charge in [-0.3, -0.25) is 4.90 Å². The van der Waals surface area contributed by atoms with Gasteiger partial charge in [0.15, 0.2) is 0 Å². The van der Waals surface area contributed by atoms with Crippen LogP contribution < -0.4 is 5.32 Å². The third-order valence-electron chi connectivity index (χ3n) is 1.85. The Kier molecular flexibility index (Phi) is 2.42. The summed E-state index contributed by atoms with van der Waals surface area (Å²) in [5.41, 5.74) is 0. The van der Waals surface area contributed by atoms with E-state index in [0.717, 1.165) is 19.5 Å². The molecule has 1 unspecified atom stereocenters. The highest BCUT2D eigenvalue weighted by Crippen LogP contribution is 2.07. The molecule has 0 saturated carbocycles. The lowest BCUT2D eigenvalue weighted by Crippen LogP contribution is -2.29. The van der Waals surface area contributed by atoms with E-state index in [4.69, 9.17) is 0 Å². The van der Waals surface area contributed by atoms with Crippen molar-refractivity contribution in [1.82, 2.24) is 10.2 Å². The van der Waals surface area contributed by atoms with Gasteiger partial charge in [-0.25, -0.2) is 4.39 Å². The van der Waals surface area contributed by atoms with Crippen LogP contribution in [-0.4, -0.2) is 37.9 Å². The van der Waals surface area contributed by atoms with Crippen LogP contribution in [0, 0.1) is 0 Å². The minimum atomic E-state index is -0.293. The van der Waals surface area contributed by atoms with Crippen molar-refractivity contribution < 1.29 is 4.39 Å². The molecule has 1 rings (SSSR count). The van der Waals surface area contributed by atoms with Crippen molar-refractivity contribution in [2.24, 2.45) is 0 Å². The van der Waals surface area contributed by atoms with E-state index in [2.05, 4.69) is 5.32 Å². The first-order valence-electron chi connectivity index (χ1n) is 3.32. The molecule has 0 bridgehead atoms. The SMILES string of the molecule is CNC1CCN(CF)C1. The molecule has 1 fully saturated rings. The quantitative estimate of drug-likeness (QED) is 0.540. The first kappa shape index (κ1) is 6.96. The van der Waals surface area contributed by atoms with Crippen molar-refractivity contribution in [1.29, 1.82) is 0 Å². The molecule has 1 saturated heterocycles. The average Bonchev–Trinajstić information content (AvgIpc) is 2.34. The molecule has 0 aromatic heterocycles. The molecule has 0 amide bonds. The van der Waals surface area contributed by atoms with Gasteiger partial charge in [0.05, 0.1) is 0 Å². The maximum Gasteiger partial charge on any atom is 0.143 e. The van der Waals surface area contributed by atoms with Crippen LogP contribution >= 0.6 is 0 Å². The highest BCUT2D eigenvalue weighted by molar-refractivity contribution is 4.77. The van der Waals surface area contributed by atoms with Gasteiger partial charge in [-0.2, -0.15) is 0 Å². The predicted octanol–water partition coefficient (Wildman–Crippen LogP) is 0.207. The molecule has 0 radical (unpaired) electrons. The minimum absolute atomic E-state index is 0.293. The van der Waals surface area contributed by atoms with Crippen LogP contribution in [-0.2, 0) is 0 Å². The van der Waals surface area contributed by atoms with Crippen LogP contribution in [0.5, 0.6) is 0 Å². The molecule has 1 aliphatic heterocycles. The fourth-order valence-corrected chi connectivity index (χ4v) is 1.18. The van der Waals surface area contributed by atoms with Gasteiger partial charge in [0, 0.05) is 19.1 Å². The second kappa shape index (κ2) is 3.13. The molecule has 1 atom stereocenters. The van der Waals surface area contributed by atoms with Crippen LogP contribution in [0.25, 0.3) is 0 Å². The fourth-order valence-electron chi connectivity index (χ4n) is 1.18. The summed E-state index contributed by atoms with van der Waals surface area (Å²) in [6, 6.07) is 0.515. The largest absolute Gasteiger partial charge is 0.316 e. The smallest absolute Gasteiger partial charge is 0.143 e. The summed E-state index contributed by atoms with van der Waals surface area (Å²) < 4.78 is 11.9. The van der Waals surface area contributed by atoms with Crippen molar-refractivity contribution in [2.75, 3.05) is 26.9 Å². The van der Waals surface area contributed by atoms with E-state index < -0.39 is 0 Å². The molecular formula is C6H13FN2. The van der Waals surface area contributed by atoms with Gasteiger partial charge in [-0.05, 0) is 13.5 Å². The topological polar surface area (TPSA) is 15.3 Å². The van der Waals surface area contributed by atoms with Gasteiger partial charge in [-0.1, -0.05) is 0 Å². The van der Waals surface area contributed by atoms with Gasteiger partial charge in [-0.15, -0.1) is 0 Å². The molecule has 9 heavy (non-hydrogen) atoms. The minimum Gasteiger partial charge on any atom is -0.316 e. The Bertz CT molecular complexity index is 77.1. The van der Waals surface area contributed by atoms with E-state index in [1.807, 2.05) is 7.05 Å². The molecule has 1 N–H and O–H groups in total. The third-order valence-corrected chi connectivity index (χ3v) is 1.85. The van der Waals surface area contributed by atoms with Crippen LogP contribution in [0.15, 0.2) is 0 Å². The summed E-state index contributed by atoms with van der Waals surface area (Å²) in [5.74, 6) is 0. The number of hydrogen-bond acceptors (Lipinski definition) is 2. The summed E-state index contributed by atoms with van der Waals surface area (Å²) in [7, 11) is 1.92. The Balaban J connectivity index is 2.20.